The molecule has 78 valence electrons. The van der Waals surface area contributed by atoms with Gasteiger partial charge < -0.3 is 10.1 Å². The number of rotatable bonds is 4. The number of hydrogen-bond donors (Lipinski definition) is 1. The first-order valence-electron chi connectivity index (χ1n) is 4.39. The topological polar surface area (TPSA) is 21.3 Å². The average molecular weight is 323 g/mol. The van der Waals surface area contributed by atoms with Gasteiger partial charge in [0.25, 0.3) is 0 Å². The highest BCUT2D eigenvalue weighted by Crippen LogP contribution is 2.28. The highest BCUT2D eigenvalue weighted by Gasteiger charge is 2.06. The number of nitrogens with one attached hydrogen (secondary N) is 1. The van der Waals surface area contributed by atoms with Gasteiger partial charge in [-0.15, -0.1) is 0 Å². The van der Waals surface area contributed by atoms with Gasteiger partial charge in [0.15, 0.2) is 0 Å². The molecule has 0 radical (unpaired) electrons. The van der Waals surface area contributed by atoms with Gasteiger partial charge in [0.2, 0.25) is 0 Å². The lowest BCUT2D eigenvalue weighted by Crippen LogP contribution is -2.26. The summed E-state index contributed by atoms with van der Waals surface area (Å²) in [6.45, 7) is 2.87. The van der Waals surface area contributed by atoms with Gasteiger partial charge in [-0.25, -0.2) is 0 Å². The fraction of sp³-hybridized carbons (Fsp3) is 0.400. The van der Waals surface area contributed by atoms with Crippen LogP contribution in [0.2, 0.25) is 0 Å². The third-order valence-electron chi connectivity index (χ3n) is 1.71. The minimum absolute atomic E-state index is 0.164. The van der Waals surface area contributed by atoms with Gasteiger partial charge in [0.05, 0.1) is 4.47 Å². The Morgan fingerprint density at radius 1 is 1.43 bits per heavy atom. The minimum Gasteiger partial charge on any atom is -0.488 e. The molecule has 1 aromatic carbocycles. The summed E-state index contributed by atoms with van der Waals surface area (Å²) in [5.41, 5.74) is 0. The standard InChI is InChI=1S/C10H13Br2NO/c1-7(6-13-2)14-10-4-3-8(11)5-9(10)12/h3-5,7,13H,6H2,1-2H3. The van der Waals surface area contributed by atoms with E-state index in [1.165, 1.54) is 0 Å². The Balaban J connectivity index is 2.67. The molecule has 2 nitrogen and oxygen atoms in total. The first-order chi connectivity index (χ1) is 6.63. The van der Waals surface area contributed by atoms with Gasteiger partial charge in [0.1, 0.15) is 11.9 Å². The largest absolute Gasteiger partial charge is 0.488 e. The van der Waals surface area contributed by atoms with E-state index in [-0.39, 0.29) is 6.10 Å². The summed E-state index contributed by atoms with van der Waals surface area (Å²) in [6.07, 6.45) is 0.164. The first kappa shape index (κ1) is 12.0. The van der Waals surface area contributed by atoms with E-state index in [0.29, 0.717) is 0 Å². The summed E-state index contributed by atoms with van der Waals surface area (Å²) >= 11 is 6.85. The van der Waals surface area contributed by atoms with Crippen molar-refractivity contribution in [2.75, 3.05) is 13.6 Å². The Morgan fingerprint density at radius 2 is 2.14 bits per heavy atom. The van der Waals surface area contributed by atoms with Crippen molar-refractivity contribution >= 4 is 31.9 Å². The Bertz CT molecular complexity index is 304. The van der Waals surface area contributed by atoms with Crippen LogP contribution in [-0.4, -0.2) is 19.7 Å². The van der Waals surface area contributed by atoms with Crippen molar-refractivity contribution in [2.45, 2.75) is 13.0 Å². The van der Waals surface area contributed by atoms with E-state index in [1.807, 2.05) is 32.2 Å². The van der Waals surface area contributed by atoms with Crippen LogP contribution in [-0.2, 0) is 0 Å². The highest BCUT2D eigenvalue weighted by molar-refractivity contribution is 9.11. The molecule has 0 aromatic heterocycles. The van der Waals surface area contributed by atoms with Crippen LogP contribution in [0.3, 0.4) is 0 Å². The molecule has 1 rings (SSSR count). The number of likely N-dealkylation sites (N-methyl/N-ethyl adjacent to an activating group) is 1. The smallest absolute Gasteiger partial charge is 0.134 e. The normalized spacial score (nSPS) is 12.6. The van der Waals surface area contributed by atoms with Crippen molar-refractivity contribution in [3.05, 3.63) is 27.1 Å². The number of benzene rings is 1. The molecular weight excluding hydrogens is 310 g/mol. The lowest BCUT2D eigenvalue weighted by atomic mass is 10.3. The summed E-state index contributed by atoms with van der Waals surface area (Å²) in [5, 5.41) is 3.07. The lowest BCUT2D eigenvalue weighted by molar-refractivity contribution is 0.219. The van der Waals surface area contributed by atoms with E-state index in [0.717, 1.165) is 21.2 Å². The molecule has 4 heteroatoms. The van der Waals surface area contributed by atoms with E-state index in [4.69, 9.17) is 4.74 Å². The minimum atomic E-state index is 0.164. The van der Waals surface area contributed by atoms with Crippen LogP contribution in [0.25, 0.3) is 0 Å². The number of hydrogen-bond acceptors (Lipinski definition) is 2. The van der Waals surface area contributed by atoms with Crippen LogP contribution < -0.4 is 10.1 Å². The zero-order valence-corrected chi connectivity index (χ0v) is 11.4. The molecule has 0 saturated carbocycles. The average Bonchev–Trinajstić information content (AvgIpc) is 2.10. The van der Waals surface area contributed by atoms with Crippen LogP contribution in [0.15, 0.2) is 27.1 Å². The van der Waals surface area contributed by atoms with Gasteiger partial charge >= 0.3 is 0 Å². The maximum absolute atomic E-state index is 5.71. The Hall–Kier alpha value is -0.0600. The Morgan fingerprint density at radius 3 is 2.71 bits per heavy atom. The molecule has 0 spiro atoms. The van der Waals surface area contributed by atoms with Crippen LogP contribution >= 0.6 is 31.9 Å². The summed E-state index contributed by atoms with van der Waals surface area (Å²) < 4.78 is 7.72. The summed E-state index contributed by atoms with van der Waals surface area (Å²) in [4.78, 5) is 0. The second-order valence-electron chi connectivity index (χ2n) is 3.06. The van der Waals surface area contributed by atoms with Gasteiger partial charge in [-0.05, 0) is 48.1 Å². The van der Waals surface area contributed by atoms with Gasteiger partial charge in [0, 0.05) is 11.0 Å². The first-order valence-corrected chi connectivity index (χ1v) is 5.98. The van der Waals surface area contributed by atoms with Crippen molar-refractivity contribution in [3.8, 4) is 5.75 Å². The molecule has 0 aliphatic rings. The molecular formula is C10H13Br2NO. The predicted octanol–water partition coefficient (Wildman–Crippen LogP) is 3.20. The van der Waals surface area contributed by atoms with Crippen molar-refractivity contribution < 1.29 is 4.74 Å². The monoisotopic (exact) mass is 321 g/mol. The van der Waals surface area contributed by atoms with Crippen molar-refractivity contribution in [2.24, 2.45) is 0 Å². The van der Waals surface area contributed by atoms with Crippen molar-refractivity contribution in [3.63, 3.8) is 0 Å². The lowest BCUT2D eigenvalue weighted by Gasteiger charge is -2.15. The molecule has 1 N–H and O–H groups in total. The van der Waals surface area contributed by atoms with Crippen molar-refractivity contribution in [1.29, 1.82) is 0 Å². The van der Waals surface area contributed by atoms with E-state index < -0.39 is 0 Å². The fourth-order valence-electron chi connectivity index (χ4n) is 1.12. The fourth-order valence-corrected chi connectivity index (χ4v) is 2.26. The maximum atomic E-state index is 5.71. The molecule has 0 fully saturated rings. The van der Waals surface area contributed by atoms with Gasteiger partial charge in [-0.1, -0.05) is 15.9 Å². The van der Waals surface area contributed by atoms with Crippen LogP contribution in [0, 0.1) is 0 Å². The quantitative estimate of drug-likeness (QED) is 0.919. The molecule has 0 aliphatic carbocycles. The van der Waals surface area contributed by atoms with Crippen LogP contribution in [0.1, 0.15) is 6.92 Å². The molecule has 14 heavy (non-hydrogen) atoms. The summed E-state index contributed by atoms with van der Waals surface area (Å²) in [6, 6.07) is 5.88. The van der Waals surface area contributed by atoms with Crippen molar-refractivity contribution in [1.82, 2.24) is 5.32 Å². The van der Waals surface area contributed by atoms with E-state index in [9.17, 15) is 0 Å². The number of halogens is 2. The second kappa shape index (κ2) is 5.73. The van der Waals surface area contributed by atoms with Gasteiger partial charge in [-0.2, -0.15) is 0 Å². The third kappa shape index (κ3) is 3.59. The van der Waals surface area contributed by atoms with E-state index in [2.05, 4.69) is 37.2 Å². The third-order valence-corrected chi connectivity index (χ3v) is 2.83. The van der Waals surface area contributed by atoms with E-state index in [1.54, 1.807) is 0 Å². The second-order valence-corrected chi connectivity index (χ2v) is 4.83. The molecule has 1 unspecified atom stereocenters. The molecule has 0 saturated heterocycles. The van der Waals surface area contributed by atoms with Crippen LogP contribution in [0.4, 0.5) is 0 Å². The SMILES string of the molecule is CNCC(C)Oc1ccc(Br)cc1Br. The maximum Gasteiger partial charge on any atom is 0.134 e. The molecule has 0 heterocycles. The predicted molar refractivity (Wildman–Crippen MR) is 65.9 cm³/mol. The Kier molecular flexibility index (Phi) is 4.92. The Labute approximate surface area is 101 Å². The molecule has 1 atom stereocenters. The molecule has 0 bridgehead atoms. The molecule has 0 aliphatic heterocycles. The number of ether oxygens (including phenoxy) is 1. The zero-order valence-electron chi connectivity index (χ0n) is 8.18. The highest BCUT2D eigenvalue weighted by atomic mass is 79.9. The summed E-state index contributed by atoms with van der Waals surface area (Å²) in [5.74, 6) is 0.871. The van der Waals surface area contributed by atoms with Gasteiger partial charge in [-0.3, -0.25) is 0 Å². The van der Waals surface area contributed by atoms with Crippen LogP contribution in [0.5, 0.6) is 5.75 Å². The van der Waals surface area contributed by atoms with E-state index >= 15 is 0 Å². The summed E-state index contributed by atoms with van der Waals surface area (Å²) in [7, 11) is 1.91. The molecule has 1 aromatic rings. The molecule has 0 amide bonds. The zero-order chi connectivity index (χ0) is 10.6.